The van der Waals surface area contributed by atoms with E-state index < -0.39 is 22.0 Å². The standard InChI is InChI=1S/C15H16N4O5S2/c1-8-12(15(21)22)25-14(17-8)9(2)16-13(20)10-3-4-11-18-26(23,24)6-5-19(11)7-10/h3-4,7,9H,5-6H2,1-2H3,(H,16,20)(H,21,22). The number of aryl methyl sites for hydroxylation is 1. The van der Waals surface area contributed by atoms with Crippen molar-refractivity contribution in [3.8, 4) is 0 Å². The average molecular weight is 396 g/mol. The maximum Gasteiger partial charge on any atom is 0.347 e. The number of sulfonamides is 1. The van der Waals surface area contributed by atoms with E-state index in [0.717, 1.165) is 11.3 Å². The Hall–Kier alpha value is -2.53. The third kappa shape index (κ3) is 3.68. The highest BCUT2D eigenvalue weighted by molar-refractivity contribution is 7.90. The van der Waals surface area contributed by atoms with E-state index in [-0.39, 0.29) is 28.9 Å². The number of carbonyl (C=O) groups excluding carboxylic acids is 1. The van der Waals surface area contributed by atoms with Gasteiger partial charge in [0.05, 0.1) is 23.1 Å². The number of amidine groups is 1. The van der Waals surface area contributed by atoms with Gasteiger partial charge in [-0.2, -0.15) is 0 Å². The maximum atomic E-state index is 12.5. The number of nitrogens with zero attached hydrogens (tertiary/aromatic N) is 3. The largest absolute Gasteiger partial charge is 0.477 e. The monoisotopic (exact) mass is 396 g/mol. The summed E-state index contributed by atoms with van der Waals surface area (Å²) in [7, 11) is -3.44. The fraction of sp³-hybridized carbons (Fsp3) is 0.333. The molecule has 0 aliphatic carbocycles. The second-order valence-corrected chi connectivity index (χ2v) is 8.60. The lowest BCUT2D eigenvalue weighted by molar-refractivity contribution is -0.117. The molecule has 11 heteroatoms. The average Bonchev–Trinajstić information content (AvgIpc) is 2.95. The van der Waals surface area contributed by atoms with Crippen molar-refractivity contribution in [2.24, 2.45) is 4.40 Å². The molecule has 2 aliphatic rings. The minimum Gasteiger partial charge on any atom is -0.477 e. The summed E-state index contributed by atoms with van der Waals surface area (Å²) in [6.07, 6.45) is 4.52. The minimum atomic E-state index is -3.44. The lowest BCUT2D eigenvalue weighted by atomic mass is 10.1. The van der Waals surface area contributed by atoms with Crippen molar-refractivity contribution < 1.29 is 23.1 Å². The van der Waals surface area contributed by atoms with Crippen molar-refractivity contribution in [3.05, 3.63) is 39.5 Å². The first kappa shape index (κ1) is 18.3. The van der Waals surface area contributed by atoms with Gasteiger partial charge in [0.15, 0.2) is 0 Å². The molecule has 9 nitrogen and oxygen atoms in total. The van der Waals surface area contributed by atoms with Crippen LogP contribution >= 0.6 is 11.3 Å². The van der Waals surface area contributed by atoms with Crippen LogP contribution in [0.1, 0.15) is 33.3 Å². The molecule has 1 atom stereocenters. The summed E-state index contributed by atoms with van der Waals surface area (Å²) in [6.45, 7) is 3.55. The summed E-state index contributed by atoms with van der Waals surface area (Å²) >= 11 is 1.02. The molecule has 1 amide bonds. The Labute approximate surface area is 153 Å². The first-order valence-electron chi connectivity index (χ1n) is 7.67. The van der Waals surface area contributed by atoms with Crippen LogP contribution in [0, 0.1) is 6.92 Å². The molecule has 26 heavy (non-hydrogen) atoms. The van der Waals surface area contributed by atoms with E-state index in [1.54, 1.807) is 24.9 Å². The van der Waals surface area contributed by atoms with Gasteiger partial charge < -0.3 is 15.3 Å². The quantitative estimate of drug-likeness (QED) is 0.771. The van der Waals surface area contributed by atoms with E-state index in [2.05, 4.69) is 14.7 Å². The van der Waals surface area contributed by atoms with Gasteiger partial charge >= 0.3 is 5.97 Å². The molecule has 1 aromatic heterocycles. The number of carbonyl (C=O) groups is 2. The number of hydrogen-bond donors (Lipinski definition) is 2. The van der Waals surface area contributed by atoms with Crippen LogP contribution in [0.5, 0.6) is 0 Å². The number of amides is 1. The number of aromatic nitrogens is 1. The molecule has 0 saturated carbocycles. The van der Waals surface area contributed by atoms with Gasteiger partial charge in [-0.05, 0) is 26.0 Å². The van der Waals surface area contributed by atoms with E-state index in [9.17, 15) is 18.0 Å². The second-order valence-electron chi connectivity index (χ2n) is 5.81. The molecule has 0 fully saturated rings. The number of thiazole rings is 1. The van der Waals surface area contributed by atoms with Crippen LogP contribution in [-0.4, -0.2) is 53.4 Å². The van der Waals surface area contributed by atoms with Crippen LogP contribution in [-0.2, 0) is 14.8 Å². The third-order valence-corrected chi connectivity index (χ3v) is 6.30. The summed E-state index contributed by atoms with van der Waals surface area (Å²) in [5, 5.41) is 12.4. The first-order chi connectivity index (χ1) is 12.2. The molecular formula is C15H16N4O5S2. The Bertz CT molecular complexity index is 974. The Morgan fingerprint density at radius 3 is 2.77 bits per heavy atom. The number of hydrogen-bond acceptors (Lipinski definition) is 7. The molecule has 1 aromatic rings. The first-order valence-corrected chi connectivity index (χ1v) is 10.1. The summed E-state index contributed by atoms with van der Waals surface area (Å²) in [4.78, 5) is 29.5. The normalized spacial score (nSPS) is 19.2. The van der Waals surface area contributed by atoms with Crippen molar-refractivity contribution in [1.29, 1.82) is 0 Å². The smallest absolute Gasteiger partial charge is 0.347 e. The van der Waals surface area contributed by atoms with E-state index in [4.69, 9.17) is 5.11 Å². The van der Waals surface area contributed by atoms with Crippen LogP contribution in [0.25, 0.3) is 0 Å². The predicted molar refractivity (Wildman–Crippen MR) is 95.5 cm³/mol. The van der Waals surface area contributed by atoms with Crippen molar-refractivity contribution in [2.45, 2.75) is 19.9 Å². The topological polar surface area (TPSA) is 129 Å². The fourth-order valence-electron chi connectivity index (χ4n) is 2.48. The highest BCUT2D eigenvalue weighted by atomic mass is 32.2. The van der Waals surface area contributed by atoms with Gasteiger partial charge in [-0.3, -0.25) is 4.79 Å². The van der Waals surface area contributed by atoms with Crippen LogP contribution in [0.2, 0.25) is 0 Å². The van der Waals surface area contributed by atoms with Crippen molar-refractivity contribution in [1.82, 2.24) is 15.2 Å². The lowest BCUT2D eigenvalue weighted by Gasteiger charge is -2.27. The summed E-state index contributed by atoms with van der Waals surface area (Å²) in [6, 6.07) is -0.467. The number of aromatic carboxylic acids is 1. The molecule has 2 N–H and O–H groups in total. The molecule has 3 heterocycles. The highest BCUT2D eigenvalue weighted by Crippen LogP contribution is 2.24. The van der Waals surface area contributed by atoms with Crippen LogP contribution in [0.4, 0.5) is 0 Å². The van der Waals surface area contributed by atoms with Crippen LogP contribution in [0.3, 0.4) is 0 Å². The van der Waals surface area contributed by atoms with Crippen molar-refractivity contribution >= 4 is 39.1 Å². The Morgan fingerprint density at radius 1 is 1.38 bits per heavy atom. The van der Waals surface area contributed by atoms with E-state index in [0.29, 0.717) is 16.3 Å². The van der Waals surface area contributed by atoms with Crippen molar-refractivity contribution in [3.63, 3.8) is 0 Å². The molecule has 2 aliphatic heterocycles. The van der Waals surface area contributed by atoms with Gasteiger partial charge in [-0.15, -0.1) is 15.7 Å². The van der Waals surface area contributed by atoms with Gasteiger partial charge in [-0.1, -0.05) is 0 Å². The predicted octanol–water partition coefficient (Wildman–Crippen LogP) is 0.825. The third-order valence-electron chi connectivity index (χ3n) is 3.81. The van der Waals surface area contributed by atoms with Gasteiger partial charge in [0.1, 0.15) is 15.7 Å². The summed E-state index contributed by atoms with van der Waals surface area (Å²) in [5.74, 6) is -1.24. The van der Waals surface area contributed by atoms with Crippen LogP contribution in [0.15, 0.2) is 28.3 Å². The SMILES string of the molecule is Cc1nc(C(C)NC(=O)C2=CN3CCS(=O)(=O)N=C3C=C2)sc1C(=O)O. The molecule has 0 radical (unpaired) electrons. The van der Waals surface area contributed by atoms with E-state index >= 15 is 0 Å². The Balaban J connectivity index is 1.73. The summed E-state index contributed by atoms with van der Waals surface area (Å²) < 4.78 is 26.7. The van der Waals surface area contributed by atoms with Gasteiger partial charge in [0, 0.05) is 12.7 Å². The zero-order chi connectivity index (χ0) is 19.1. The van der Waals surface area contributed by atoms with Crippen LogP contribution < -0.4 is 5.32 Å². The number of fused-ring (bicyclic) bond motifs is 1. The second kappa shape index (κ2) is 6.65. The molecule has 0 aromatic carbocycles. The fourth-order valence-corrected chi connectivity index (χ4v) is 4.36. The van der Waals surface area contributed by atoms with E-state index in [1.165, 1.54) is 12.2 Å². The number of carboxylic acids is 1. The van der Waals surface area contributed by atoms with Crippen molar-refractivity contribution in [2.75, 3.05) is 12.3 Å². The molecule has 0 bridgehead atoms. The number of nitrogens with one attached hydrogen (secondary N) is 1. The molecule has 3 rings (SSSR count). The maximum absolute atomic E-state index is 12.5. The van der Waals surface area contributed by atoms with E-state index in [1.807, 2.05) is 0 Å². The van der Waals surface area contributed by atoms with Gasteiger partial charge in [0.25, 0.3) is 15.9 Å². The zero-order valence-corrected chi connectivity index (χ0v) is 15.6. The number of carboxylic acid groups (broad SMARTS) is 1. The lowest BCUT2D eigenvalue weighted by Crippen LogP contribution is -2.38. The van der Waals surface area contributed by atoms with Gasteiger partial charge in [0.2, 0.25) is 0 Å². The Kier molecular flexibility index (Phi) is 4.67. The molecule has 138 valence electrons. The van der Waals surface area contributed by atoms with Gasteiger partial charge in [-0.25, -0.2) is 18.2 Å². The summed E-state index contributed by atoms with van der Waals surface area (Å²) in [5.41, 5.74) is 0.757. The highest BCUT2D eigenvalue weighted by Gasteiger charge is 2.26. The molecule has 0 spiro atoms. The minimum absolute atomic E-state index is 0.109. The number of rotatable bonds is 4. The molecule has 0 saturated heterocycles. The molecular weight excluding hydrogens is 380 g/mol. The molecule has 1 unspecified atom stereocenters. The Morgan fingerprint density at radius 2 is 2.12 bits per heavy atom. The zero-order valence-electron chi connectivity index (χ0n) is 14.0.